The molecule has 1 N–H and O–H groups in total. The Bertz CT molecular complexity index is 335. The average Bonchev–Trinajstić information content (AvgIpc) is 2.08. The first-order valence-corrected chi connectivity index (χ1v) is 4.11. The van der Waals surface area contributed by atoms with E-state index in [1.54, 1.807) is 24.3 Å². The number of benzene rings is 1. The monoisotopic (exact) mass is 217 g/mol. The molecule has 0 bridgehead atoms. The minimum absolute atomic E-state index is 0.475. The molecule has 13 heavy (non-hydrogen) atoms. The van der Waals surface area contributed by atoms with Gasteiger partial charge in [-0.05, 0) is 35.9 Å². The van der Waals surface area contributed by atoms with Gasteiger partial charge in [-0.1, -0.05) is 11.6 Å². The maximum atomic E-state index is 10.8. The summed E-state index contributed by atoms with van der Waals surface area (Å²) in [6, 6.07) is 6.33. The van der Waals surface area contributed by atoms with E-state index in [-0.39, 0.29) is 0 Å². The molecule has 0 aliphatic rings. The number of carbonyl (C=O) groups excluding carboxylic acids is 2. The highest BCUT2D eigenvalue weighted by atomic mass is 35.5. The number of halogens is 2. The summed E-state index contributed by atoms with van der Waals surface area (Å²) in [4.78, 5) is 21.1. The highest BCUT2D eigenvalue weighted by molar-refractivity contribution is 6.82. The first kappa shape index (κ1) is 10.0. The van der Waals surface area contributed by atoms with Gasteiger partial charge >= 0.3 is 11.1 Å². The molecule has 3 nitrogen and oxygen atoms in total. The molecule has 0 unspecified atom stereocenters. The number of carbonyl (C=O) groups is 2. The van der Waals surface area contributed by atoms with Crippen molar-refractivity contribution in [3.63, 3.8) is 0 Å². The van der Waals surface area contributed by atoms with Crippen molar-refractivity contribution >= 4 is 40.0 Å². The third-order valence-electron chi connectivity index (χ3n) is 1.28. The Morgan fingerprint density at radius 2 is 1.69 bits per heavy atom. The van der Waals surface area contributed by atoms with Crippen LogP contribution < -0.4 is 5.32 Å². The Morgan fingerprint density at radius 3 is 2.15 bits per heavy atom. The van der Waals surface area contributed by atoms with Gasteiger partial charge in [-0.15, -0.1) is 0 Å². The zero-order valence-electron chi connectivity index (χ0n) is 6.38. The molecule has 0 radical (unpaired) electrons. The van der Waals surface area contributed by atoms with Crippen molar-refractivity contribution in [1.29, 1.82) is 0 Å². The van der Waals surface area contributed by atoms with E-state index in [1.165, 1.54) is 0 Å². The summed E-state index contributed by atoms with van der Waals surface area (Å²) in [6.45, 7) is 0. The number of nitrogens with one attached hydrogen (secondary N) is 1. The maximum absolute atomic E-state index is 10.8. The largest absolute Gasteiger partial charge is 0.318 e. The lowest BCUT2D eigenvalue weighted by Crippen LogP contribution is -2.17. The van der Waals surface area contributed by atoms with E-state index in [2.05, 4.69) is 5.32 Å². The maximum Gasteiger partial charge on any atom is 0.310 e. The van der Waals surface area contributed by atoms with Gasteiger partial charge in [0.2, 0.25) is 0 Å². The van der Waals surface area contributed by atoms with Crippen LogP contribution in [0.5, 0.6) is 0 Å². The standard InChI is InChI=1S/C8H5Cl2NO2/c9-5-1-3-6(4-2-5)11-8(13)7(10)12/h1-4H,(H,11,13). The Labute approximate surface area is 84.6 Å². The molecule has 0 aromatic heterocycles. The fourth-order valence-electron chi connectivity index (χ4n) is 0.713. The second kappa shape index (κ2) is 4.25. The van der Waals surface area contributed by atoms with Crippen molar-refractivity contribution < 1.29 is 9.59 Å². The number of rotatable bonds is 2. The molecule has 0 saturated heterocycles. The van der Waals surface area contributed by atoms with E-state index in [0.29, 0.717) is 10.7 Å². The van der Waals surface area contributed by atoms with Gasteiger partial charge in [0.1, 0.15) is 0 Å². The van der Waals surface area contributed by atoms with Crippen LogP contribution in [0.15, 0.2) is 24.3 Å². The van der Waals surface area contributed by atoms with Gasteiger partial charge in [-0.2, -0.15) is 0 Å². The van der Waals surface area contributed by atoms with Crippen LogP contribution in [0.25, 0.3) is 0 Å². The zero-order valence-corrected chi connectivity index (χ0v) is 7.89. The summed E-state index contributed by atoms with van der Waals surface area (Å²) in [6.07, 6.45) is 0. The van der Waals surface area contributed by atoms with Gasteiger partial charge < -0.3 is 5.32 Å². The van der Waals surface area contributed by atoms with Crippen LogP contribution in [-0.4, -0.2) is 11.1 Å². The molecule has 0 aliphatic carbocycles. The van der Waals surface area contributed by atoms with Crippen molar-refractivity contribution in [2.24, 2.45) is 0 Å². The molecule has 1 amide bonds. The first-order valence-electron chi connectivity index (χ1n) is 3.36. The highest BCUT2D eigenvalue weighted by Crippen LogP contribution is 2.13. The molecular weight excluding hydrogens is 213 g/mol. The molecule has 1 rings (SSSR count). The van der Waals surface area contributed by atoms with Gasteiger partial charge in [0.25, 0.3) is 0 Å². The average molecular weight is 218 g/mol. The van der Waals surface area contributed by atoms with Gasteiger partial charge in [-0.3, -0.25) is 9.59 Å². The lowest BCUT2D eigenvalue weighted by molar-refractivity contribution is -0.130. The molecule has 1 aromatic rings. The zero-order chi connectivity index (χ0) is 9.84. The normalized spacial score (nSPS) is 9.38. The van der Waals surface area contributed by atoms with E-state index in [0.717, 1.165) is 0 Å². The fraction of sp³-hybridized carbons (Fsp3) is 0. The molecule has 0 aliphatic heterocycles. The van der Waals surface area contributed by atoms with Crippen LogP contribution in [0.2, 0.25) is 5.02 Å². The lowest BCUT2D eigenvalue weighted by Gasteiger charge is -2.00. The molecule has 0 saturated carbocycles. The van der Waals surface area contributed by atoms with Crippen molar-refractivity contribution in [2.75, 3.05) is 5.32 Å². The second-order valence-corrected chi connectivity index (χ2v) is 3.01. The predicted molar refractivity (Wildman–Crippen MR) is 50.9 cm³/mol. The van der Waals surface area contributed by atoms with Gasteiger partial charge in [0.05, 0.1) is 0 Å². The summed E-state index contributed by atoms with van der Waals surface area (Å²) in [7, 11) is 0. The Morgan fingerprint density at radius 1 is 1.15 bits per heavy atom. The molecule has 1 aromatic carbocycles. The minimum Gasteiger partial charge on any atom is -0.318 e. The van der Waals surface area contributed by atoms with Crippen LogP contribution in [0.4, 0.5) is 5.69 Å². The van der Waals surface area contributed by atoms with E-state index < -0.39 is 11.1 Å². The first-order chi connectivity index (χ1) is 6.09. The van der Waals surface area contributed by atoms with E-state index in [9.17, 15) is 9.59 Å². The van der Waals surface area contributed by atoms with Crippen molar-refractivity contribution in [3.8, 4) is 0 Å². The van der Waals surface area contributed by atoms with E-state index >= 15 is 0 Å². The quantitative estimate of drug-likeness (QED) is 0.609. The summed E-state index contributed by atoms with van der Waals surface area (Å²) in [5, 5.41) is 1.79. The Hall–Kier alpha value is -1.06. The van der Waals surface area contributed by atoms with Gasteiger partial charge in [-0.25, -0.2) is 0 Å². The van der Waals surface area contributed by atoms with Crippen LogP contribution >= 0.6 is 23.2 Å². The minimum atomic E-state index is -1.05. The molecule has 0 heterocycles. The third-order valence-corrected chi connectivity index (χ3v) is 1.70. The molecule has 0 fully saturated rings. The fourth-order valence-corrected chi connectivity index (χ4v) is 0.887. The van der Waals surface area contributed by atoms with E-state index in [1.807, 2.05) is 0 Å². The lowest BCUT2D eigenvalue weighted by atomic mass is 10.3. The number of amides is 1. The van der Waals surface area contributed by atoms with Crippen LogP contribution in [-0.2, 0) is 9.59 Å². The van der Waals surface area contributed by atoms with Crippen LogP contribution in [0.3, 0.4) is 0 Å². The SMILES string of the molecule is O=C(Cl)C(=O)Nc1ccc(Cl)cc1. The Balaban J connectivity index is 2.70. The van der Waals surface area contributed by atoms with Crippen LogP contribution in [0, 0.1) is 0 Å². The number of anilines is 1. The highest BCUT2D eigenvalue weighted by Gasteiger charge is 2.09. The second-order valence-electron chi connectivity index (χ2n) is 2.23. The smallest absolute Gasteiger partial charge is 0.310 e. The summed E-state index contributed by atoms with van der Waals surface area (Å²) >= 11 is 10.5. The van der Waals surface area contributed by atoms with Crippen LogP contribution in [0.1, 0.15) is 0 Å². The summed E-state index contributed by atoms with van der Waals surface area (Å²) < 4.78 is 0. The number of hydrogen-bond acceptors (Lipinski definition) is 2. The molecule has 5 heteroatoms. The van der Waals surface area contributed by atoms with E-state index in [4.69, 9.17) is 23.2 Å². The number of hydrogen-bond donors (Lipinski definition) is 1. The summed E-state index contributed by atoms with van der Waals surface area (Å²) in [5.41, 5.74) is 0.475. The topological polar surface area (TPSA) is 46.2 Å². The molecule has 0 atom stereocenters. The molecule has 0 spiro atoms. The third kappa shape index (κ3) is 3.05. The predicted octanol–water partition coefficient (Wildman–Crippen LogP) is 2.04. The van der Waals surface area contributed by atoms with Crippen molar-refractivity contribution in [2.45, 2.75) is 0 Å². The summed E-state index contributed by atoms with van der Waals surface area (Å²) in [5.74, 6) is -0.857. The molecule has 68 valence electrons. The van der Waals surface area contributed by atoms with Gasteiger partial charge in [0, 0.05) is 10.7 Å². The van der Waals surface area contributed by atoms with Gasteiger partial charge in [0.15, 0.2) is 0 Å². The van der Waals surface area contributed by atoms with Crippen molar-refractivity contribution in [3.05, 3.63) is 29.3 Å². The Kier molecular flexibility index (Phi) is 3.28. The van der Waals surface area contributed by atoms with Crippen molar-refractivity contribution in [1.82, 2.24) is 0 Å². The molecular formula is C8H5Cl2NO2.